The maximum atomic E-state index is 11.3. The van der Waals surface area contributed by atoms with Gasteiger partial charge in [-0.2, -0.15) is 0 Å². The molecule has 0 aliphatic rings. The Hall–Kier alpha value is -0.530. The molecule has 0 aromatic carbocycles. The van der Waals surface area contributed by atoms with Crippen molar-refractivity contribution in [2.24, 2.45) is 5.92 Å². The van der Waals surface area contributed by atoms with Gasteiger partial charge in [-0.1, -0.05) is 46.5 Å². The Balaban J connectivity index is 3.40. The standard InChI is InChI=1S/C13H26O2/c1-4-7-8-11-15-13(14)10-9-12(5-2)6-3/h12H,4-11H2,1-3H3. The number of esters is 1. The molecule has 0 aliphatic heterocycles. The third-order valence-electron chi connectivity index (χ3n) is 2.92. The fourth-order valence-electron chi connectivity index (χ4n) is 1.63. The molecule has 0 atom stereocenters. The van der Waals surface area contributed by atoms with E-state index in [1.165, 1.54) is 19.3 Å². The van der Waals surface area contributed by atoms with E-state index in [4.69, 9.17) is 4.74 Å². The highest BCUT2D eigenvalue weighted by Gasteiger charge is 2.08. The van der Waals surface area contributed by atoms with Crippen molar-refractivity contribution in [3.63, 3.8) is 0 Å². The zero-order valence-corrected chi connectivity index (χ0v) is 10.6. The molecule has 0 fully saturated rings. The van der Waals surface area contributed by atoms with Gasteiger partial charge >= 0.3 is 5.97 Å². The van der Waals surface area contributed by atoms with Crippen molar-refractivity contribution in [2.75, 3.05) is 6.61 Å². The zero-order valence-electron chi connectivity index (χ0n) is 10.6. The van der Waals surface area contributed by atoms with E-state index in [-0.39, 0.29) is 5.97 Å². The minimum atomic E-state index is -0.0157. The normalized spacial score (nSPS) is 10.7. The summed E-state index contributed by atoms with van der Waals surface area (Å²) in [6, 6.07) is 0. The van der Waals surface area contributed by atoms with E-state index in [0.29, 0.717) is 18.9 Å². The van der Waals surface area contributed by atoms with Crippen LogP contribution in [0, 0.1) is 5.92 Å². The summed E-state index contributed by atoms with van der Waals surface area (Å²) >= 11 is 0. The molecule has 0 spiro atoms. The van der Waals surface area contributed by atoms with Crippen LogP contribution in [-0.4, -0.2) is 12.6 Å². The van der Waals surface area contributed by atoms with Crippen LogP contribution in [0.15, 0.2) is 0 Å². The number of carbonyl (C=O) groups is 1. The van der Waals surface area contributed by atoms with E-state index >= 15 is 0 Å². The number of carbonyl (C=O) groups excluding carboxylic acids is 1. The lowest BCUT2D eigenvalue weighted by Gasteiger charge is -2.11. The Bertz CT molecular complexity index is 151. The molecule has 0 saturated carbocycles. The molecule has 0 N–H and O–H groups in total. The van der Waals surface area contributed by atoms with Gasteiger partial charge in [-0.25, -0.2) is 0 Å². The quantitative estimate of drug-likeness (QED) is 0.429. The molecule has 2 nitrogen and oxygen atoms in total. The van der Waals surface area contributed by atoms with E-state index in [9.17, 15) is 4.79 Å². The fourth-order valence-corrected chi connectivity index (χ4v) is 1.63. The van der Waals surface area contributed by atoms with Crippen molar-refractivity contribution >= 4 is 5.97 Å². The van der Waals surface area contributed by atoms with Gasteiger partial charge in [0.25, 0.3) is 0 Å². The van der Waals surface area contributed by atoms with Crippen LogP contribution in [0.1, 0.15) is 65.7 Å². The van der Waals surface area contributed by atoms with Crippen LogP contribution < -0.4 is 0 Å². The first-order chi connectivity index (χ1) is 7.24. The van der Waals surface area contributed by atoms with Gasteiger partial charge in [0.2, 0.25) is 0 Å². The summed E-state index contributed by atoms with van der Waals surface area (Å²) in [6.45, 7) is 7.12. The molecule has 0 amide bonds. The molecule has 0 rings (SSSR count). The first-order valence-electron chi connectivity index (χ1n) is 6.40. The molecule has 0 aliphatic carbocycles. The summed E-state index contributed by atoms with van der Waals surface area (Å²) in [6.07, 6.45) is 7.25. The topological polar surface area (TPSA) is 26.3 Å². The minimum absolute atomic E-state index is 0.0157. The molecule has 15 heavy (non-hydrogen) atoms. The molecule has 90 valence electrons. The molecule has 0 aromatic rings. The summed E-state index contributed by atoms with van der Waals surface area (Å²) in [5.41, 5.74) is 0. The second-order valence-electron chi connectivity index (χ2n) is 4.15. The summed E-state index contributed by atoms with van der Waals surface area (Å²) in [7, 11) is 0. The Morgan fingerprint density at radius 3 is 2.33 bits per heavy atom. The summed E-state index contributed by atoms with van der Waals surface area (Å²) in [5, 5.41) is 0. The van der Waals surface area contributed by atoms with Crippen LogP contribution in [0.3, 0.4) is 0 Å². The van der Waals surface area contributed by atoms with Crippen LogP contribution in [0.2, 0.25) is 0 Å². The van der Waals surface area contributed by atoms with Gasteiger partial charge in [0, 0.05) is 6.42 Å². The average Bonchev–Trinajstić information content (AvgIpc) is 2.26. The van der Waals surface area contributed by atoms with E-state index in [2.05, 4.69) is 20.8 Å². The molecule has 0 radical (unpaired) electrons. The number of hydrogen-bond donors (Lipinski definition) is 0. The van der Waals surface area contributed by atoms with E-state index in [0.717, 1.165) is 19.3 Å². The van der Waals surface area contributed by atoms with Crippen molar-refractivity contribution in [1.29, 1.82) is 0 Å². The Labute approximate surface area is 94.4 Å². The van der Waals surface area contributed by atoms with Gasteiger partial charge in [0.1, 0.15) is 0 Å². The van der Waals surface area contributed by atoms with Crippen LogP contribution in [0.4, 0.5) is 0 Å². The zero-order chi connectivity index (χ0) is 11.5. The maximum absolute atomic E-state index is 11.3. The third kappa shape index (κ3) is 8.46. The number of unbranched alkanes of at least 4 members (excludes halogenated alkanes) is 2. The summed E-state index contributed by atoms with van der Waals surface area (Å²) < 4.78 is 5.14. The molecule has 2 heteroatoms. The lowest BCUT2D eigenvalue weighted by atomic mass is 9.98. The van der Waals surface area contributed by atoms with E-state index in [1.807, 2.05) is 0 Å². The monoisotopic (exact) mass is 214 g/mol. The minimum Gasteiger partial charge on any atom is -0.466 e. The van der Waals surface area contributed by atoms with Crippen molar-refractivity contribution < 1.29 is 9.53 Å². The molecule has 0 unspecified atom stereocenters. The number of rotatable bonds is 9. The van der Waals surface area contributed by atoms with Gasteiger partial charge in [-0.15, -0.1) is 0 Å². The molecular formula is C13H26O2. The highest BCUT2D eigenvalue weighted by Crippen LogP contribution is 2.14. The third-order valence-corrected chi connectivity index (χ3v) is 2.92. The van der Waals surface area contributed by atoms with Crippen LogP contribution in [0.5, 0.6) is 0 Å². The maximum Gasteiger partial charge on any atom is 0.305 e. The van der Waals surface area contributed by atoms with Gasteiger partial charge in [0.15, 0.2) is 0 Å². The predicted molar refractivity (Wildman–Crippen MR) is 63.8 cm³/mol. The first kappa shape index (κ1) is 14.5. The second kappa shape index (κ2) is 10.0. The fraction of sp³-hybridized carbons (Fsp3) is 0.923. The highest BCUT2D eigenvalue weighted by atomic mass is 16.5. The van der Waals surface area contributed by atoms with Gasteiger partial charge in [-0.05, 0) is 18.8 Å². The van der Waals surface area contributed by atoms with Crippen molar-refractivity contribution in [1.82, 2.24) is 0 Å². The lowest BCUT2D eigenvalue weighted by Crippen LogP contribution is -2.08. The lowest BCUT2D eigenvalue weighted by molar-refractivity contribution is -0.144. The van der Waals surface area contributed by atoms with Gasteiger partial charge in [-0.3, -0.25) is 4.79 Å². The first-order valence-corrected chi connectivity index (χ1v) is 6.40. The second-order valence-corrected chi connectivity index (χ2v) is 4.15. The van der Waals surface area contributed by atoms with Crippen LogP contribution in [0.25, 0.3) is 0 Å². The van der Waals surface area contributed by atoms with Crippen LogP contribution in [-0.2, 0) is 9.53 Å². The average molecular weight is 214 g/mol. The van der Waals surface area contributed by atoms with Gasteiger partial charge in [0.05, 0.1) is 6.61 Å². The largest absolute Gasteiger partial charge is 0.466 e. The van der Waals surface area contributed by atoms with E-state index in [1.54, 1.807) is 0 Å². The Morgan fingerprint density at radius 1 is 1.13 bits per heavy atom. The van der Waals surface area contributed by atoms with E-state index < -0.39 is 0 Å². The molecule has 0 bridgehead atoms. The SMILES string of the molecule is CCCCCOC(=O)CCC(CC)CC. The number of hydrogen-bond acceptors (Lipinski definition) is 2. The smallest absolute Gasteiger partial charge is 0.305 e. The van der Waals surface area contributed by atoms with Crippen molar-refractivity contribution in [3.05, 3.63) is 0 Å². The molecule has 0 saturated heterocycles. The van der Waals surface area contributed by atoms with Gasteiger partial charge < -0.3 is 4.74 Å². The molecule has 0 aromatic heterocycles. The number of ether oxygens (including phenoxy) is 1. The summed E-state index contributed by atoms with van der Waals surface area (Å²) in [5.74, 6) is 0.672. The Morgan fingerprint density at radius 2 is 1.80 bits per heavy atom. The van der Waals surface area contributed by atoms with Crippen LogP contribution >= 0.6 is 0 Å². The summed E-state index contributed by atoms with van der Waals surface area (Å²) in [4.78, 5) is 11.3. The molecular weight excluding hydrogens is 188 g/mol. The van der Waals surface area contributed by atoms with Crippen molar-refractivity contribution in [2.45, 2.75) is 65.7 Å². The molecule has 0 heterocycles. The highest BCUT2D eigenvalue weighted by molar-refractivity contribution is 5.69. The predicted octanol–water partition coefficient (Wildman–Crippen LogP) is 3.94. The Kier molecular flexibility index (Phi) is 9.65. The van der Waals surface area contributed by atoms with Crippen molar-refractivity contribution in [3.8, 4) is 0 Å².